The number of aliphatic carboxylic acids is 1. The normalized spacial score (nSPS) is 14.0. The van der Waals surface area contributed by atoms with Crippen LogP contribution in [0.25, 0.3) is 0 Å². The van der Waals surface area contributed by atoms with E-state index < -0.39 is 17.9 Å². The molecule has 2 atom stereocenters. The molecule has 5 nitrogen and oxygen atoms in total. The zero-order valence-corrected chi connectivity index (χ0v) is 11.7. The van der Waals surface area contributed by atoms with E-state index in [9.17, 15) is 9.90 Å². The van der Waals surface area contributed by atoms with Gasteiger partial charge < -0.3 is 20.3 Å². The highest BCUT2D eigenvalue weighted by Gasteiger charge is 2.31. The lowest BCUT2D eigenvalue weighted by Crippen LogP contribution is -2.32. The standard InChI is InChI=1S/C14H21NO4/c1-8(2)12(14(16)17)13(15)10-7-9(18-3)5-6-11(10)19-4/h5-8,12-13H,15H2,1-4H3,(H,16,17). The van der Waals surface area contributed by atoms with Crippen LogP contribution in [0.5, 0.6) is 11.5 Å². The van der Waals surface area contributed by atoms with Crippen molar-refractivity contribution in [2.45, 2.75) is 19.9 Å². The summed E-state index contributed by atoms with van der Waals surface area (Å²) < 4.78 is 10.4. The molecule has 0 saturated carbocycles. The number of carboxylic acid groups (broad SMARTS) is 1. The van der Waals surface area contributed by atoms with Gasteiger partial charge in [-0.05, 0) is 24.1 Å². The van der Waals surface area contributed by atoms with Crippen LogP contribution in [0.2, 0.25) is 0 Å². The summed E-state index contributed by atoms with van der Waals surface area (Å²) in [4.78, 5) is 11.4. The first kappa shape index (κ1) is 15.3. The minimum absolute atomic E-state index is 0.0802. The maximum Gasteiger partial charge on any atom is 0.308 e. The zero-order valence-electron chi connectivity index (χ0n) is 11.7. The monoisotopic (exact) mass is 267 g/mol. The van der Waals surface area contributed by atoms with Crippen LogP contribution in [0.4, 0.5) is 0 Å². The molecule has 0 bridgehead atoms. The second-order valence-electron chi connectivity index (χ2n) is 4.74. The Morgan fingerprint density at radius 3 is 2.32 bits per heavy atom. The Morgan fingerprint density at radius 2 is 1.89 bits per heavy atom. The summed E-state index contributed by atoms with van der Waals surface area (Å²) in [6.45, 7) is 3.68. The molecule has 1 aromatic carbocycles. The van der Waals surface area contributed by atoms with E-state index in [-0.39, 0.29) is 5.92 Å². The van der Waals surface area contributed by atoms with E-state index in [0.717, 1.165) is 0 Å². The molecule has 0 amide bonds. The molecule has 19 heavy (non-hydrogen) atoms. The second-order valence-corrected chi connectivity index (χ2v) is 4.74. The number of ether oxygens (including phenoxy) is 2. The molecule has 0 aliphatic carbocycles. The number of benzene rings is 1. The minimum Gasteiger partial charge on any atom is -0.497 e. The van der Waals surface area contributed by atoms with E-state index >= 15 is 0 Å². The Balaban J connectivity index is 3.22. The van der Waals surface area contributed by atoms with Crippen LogP contribution in [0.1, 0.15) is 25.5 Å². The summed E-state index contributed by atoms with van der Waals surface area (Å²) >= 11 is 0. The molecule has 0 aliphatic rings. The molecule has 1 aromatic rings. The van der Waals surface area contributed by atoms with Gasteiger partial charge in [0.15, 0.2) is 0 Å². The van der Waals surface area contributed by atoms with Crippen LogP contribution in [-0.2, 0) is 4.79 Å². The van der Waals surface area contributed by atoms with E-state index in [1.807, 2.05) is 13.8 Å². The molecule has 5 heteroatoms. The van der Waals surface area contributed by atoms with Gasteiger partial charge in [0.25, 0.3) is 0 Å². The van der Waals surface area contributed by atoms with Crippen molar-refractivity contribution in [3.05, 3.63) is 23.8 Å². The van der Waals surface area contributed by atoms with Crippen molar-refractivity contribution in [1.82, 2.24) is 0 Å². The third-order valence-corrected chi connectivity index (χ3v) is 3.19. The van der Waals surface area contributed by atoms with E-state index in [2.05, 4.69) is 0 Å². The Hall–Kier alpha value is -1.75. The molecule has 0 aromatic heterocycles. The summed E-state index contributed by atoms with van der Waals surface area (Å²) in [5, 5.41) is 9.31. The highest BCUT2D eigenvalue weighted by atomic mass is 16.5. The van der Waals surface area contributed by atoms with Gasteiger partial charge in [0.05, 0.1) is 20.1 Å². The van der Waals surface area contributed by atoms with Gasteiger partial charge in [0.2, 0.25) is 0 Å². The van der Waals surface area contributed by atoms with Crippen molar-refractivity contribution in [1.29, 1.82) is 0 Å². The molecule has 1 rings (SSSR count). The molecule has 0 aliphatic heterocycles. The summed E-state index contributed by atoms with van der Waals surface area (Å²) in [6, 6.07) is 4.55. The predicted molar refractivity (Wildman–Crippen MR) is 72.4 cm³/mol. The Kier molecular flexibility index (Phi) is 5.18. The first-order valence-corrected chi connectivity index (χ1v) is 6.12. The van der Waals surface area contributed by atoms with Gasteiger partial charge in [-0.15, -0.1) is 0 Å². The average molecular weight is 267 g/mol. The first-order chi connectivity index (χ1) is 8.92. The van der Waals surface area contributed by atoms with Gasteiger partial charge in [0.1, 0.15) is 11.5 Å². The predicted octanol–water partition coefficient (Wildman–Crippen LogP) is 2.06. The molecule has 3 N–H and O–H groups in total. The maximum atomic E-state index is 11.4. The Bertz CT molecular complexity index is 445. The summed E-state index contributed by atoms with van der Waals surface area (Å²) in [6.07, 6.45) is 0. The molecule has 0 spiro atoms. The van der Waals surface area contributed by atoms with Crippen molar-refractivity contribution in [3.8, 4) is 11.5 Å². The lowest BCUT2D eigenvalue weighted by atomic mass is 9.84. The van der Waals surface area contributed by atoms with Gasteiger partial charge in [-0.3, -0.25) is 4.79 Å². The van der Waals surface area contributed by atoms with E-state index in [1.54, 1.807) is 25.3 Å². The number of rotatable bonds is 6. The van der Waals surface area contributed by atoms with E-state index in [1.165, 1.54) is 7.11 Å². The fourth-order valence-corrected chi connectivity index (χ4v) is 2.15. The Morgan fingerprint density at radius 1 is 1.26 bits per heavy atom. The highest BCUT2D eigenvalue weighted by molar-refractivity contribution is 5.72. The molecule has 0 fully saturated rings. The van der Waals surface area contributed by atoms with Crippen molar-refractivity contribution in [3.63, 3.8) is 0 Å². The fraction of sp³-hybridized carbons (Fsp3) is 0.500. The smallest absolute Gasteiger partial charge is 0.308 e. The van der Waals surface area contributed by atoms with Crippen molar-refractivity contribution in [2.75, 3.05) is 14.2 Å². The molecule has 0 radical (unpaired) electrons. The number of nitrogens with two attached hydrogens (primary N) is 1. The van der Waals surface area contributed by atoms with E-state index in [4.69, 9.17) is 15.2 Å². The molecule has 2 unspecified atom stereocenters. The van der Waals surface area contributed by atoms with Crippen molar-refractivity contribution < 1.29 is 19.4 Å². The summed E-state index contributed by atoms with van der Waals surface area (Å²) in [5.74, 6) is -0.476. The first-order valence-electron chi connectivity index (χ1n) is 6.12. The SMILES string of the molecule is COc1ccc(OC)c(C(N)C(C(=O)O)C(C)C)c1. The topological polar surface area (TPSA) is 81.8 Å². The average Bonchev–Trinajstić information content (AvgIpc) is 2.36. The largest absolute Gasteiger partial charge is 0.497 e. The third-order valence-electron chi connectivity index (χ3n) is 3.19. The number of methoxy groups -OCH3 is 2. The molecule has 0 saturated heterocycles. The van der Waals surface area contributed by atoms with E-state index in [0.29, 0.717) is 17.1 Å². The molecule has 0 heterocycles. The van der Waals surface area contributed by atoms with Gasteiger partial charge >= 0.3 is 5.97 Å². The highest BCUT2D eigenvalue weighted by Crippen LogP contribution is 2.34. The fourth-order valence-electron chi connectivity index (χ4n) is 2.15. The van der Waals surface area contributed by atoms with Crippen LogP contribution in [0.3, 0.4) is 0 Å². The van der Waals surface area contributed by atoms with Crippen LogP contribution >= 0.6 is 0 Å². The summed E-state index contributed by atoms with van der Waals surface area (Å²) in [5.41, 5.74) is 6.77. The molecule has 106 valence electrons. The Labute approximate surface area is 113 Å². The lowest BCUT2D eigenvalue weighted by Gasteiger charge is -2.25. The van der Waals surface area contributed by atoms with Crippen LogP contribution < -0.4 is 15.2 Å². The van der Waals surface area contributed by atoms with Crippen LogP contribution in [0.15, 0.2) is 18.2 Å². The van der Waals surface area contributed by atoms with Crippen LogP contribution in [-0.4, -0.2) is 25.3 Å². The number of hydrogen-bond donors (Lipinski definition) is 2. The third kappa shape index (κ3) is 3.38. The minimum atomic E-state index is -0.910. The quantitative estimate of drug-likeness (QED) is 0.824. The summed E-state index contributed by atoms with van der Waals surface area (Å²) in [7, 11) is 3.08. The van der Waals surface area contributed by atoms with Crippen LogP contribution in [0, 0.1) is 11.8 Å². The maximum absolute atomic E-state index is 11.4. The van der Waals surface area contributed by atoms with Crippen molar-refractivity contribution in [2.24, 2.45) is 17.6 Å². The number of carbonyl (C=O) groups is 1. The van der Waals surface area contributed by atoms with Gasteiger partial charge in [-0.2, -0.15) is 0 Å². The lowest BCUT2D eigenvalue weighted by molar-refractivity contribution is -0.144. The molecular weight excluding hydrogens is 246 g/mol. The van der Waals surface area contributed by atoms with Gasteiger partial charge in [0, 0.05) is 11.6 Å². The second kappa shape index (κ2) is 6.43. The van der Waals surface area contributed by atoms with Gasteiger partial charge in [-0.1, -0.05) is 13.8 Å². The number of carboxylic acids is 1. The zero-order chi connectivity index (χ0) is 14.6. The molecular formula is C14H21NO4. The number of hydrogen-bond acceptors (Lipinski definition) is 4. The van der Waals surface area contributed by atoms with Gasteiger partial charge in [-0.25, -0.2) is 0 Å². The van der Waals surface area contributed by atoms with Crippen molar-refractivity contribution >= 4 is 5.97 Å².